The molecule has 0 bridgehead atoms. The lowest BCUT2D eigenvalue weighted by Gasteiger charge is -2.18. The van der Waals surface area contributed by atoms with Crippen LogP contribution in [-0.2, 0) is 0 Å². The van der Waals surface area contributed by atoms with Crippen LogP contribution in [0.1, 0.15) is 18.1 Å². The number of hydrogen-bond acceptors (Lipinski definition) is 4. The fraction of sp³-hybridized carbons (Fsp3) is 0.400. The maximum absolute atomic E-state index is 13.4. The van der Waals surface area contributed by atoms with Crippen molar-refractivity contribution in [1.29, 1.82) is 0 Å². The molecule has 0 aromatic heterocycles. The van der Waals surface area contributed by atoms with Gasteiger partial charge in [0, 0.05) is 5.56 Å². The zero-order chi connectivity index (χ0) is 11.4. The molecule has 2 atom stereocenters. The van der Waals surface area contributed by atoms with Gasteiger partial charge in [-0.2, -0.15) is 12.6 Å². The Kier molecular flexibility index (Phi) is 4.38. The molecule has 0 saturated heterocycles. The Hall–Kier alpha value is -0.780. The quantitative estimate of drug-likeness (QED) is 0.464. The molecule has 5 heteroatoms. The standard InChI is InChI=1S/C10H14FNO2S/c11-9-6(2-1-3-7(9)12)10(14)8(13)4-5-15/h1-3,8,10,13-15H,4-5,12H2. The number of nitrogens with two attached hydrogens (primary N) is 1. The van der Waals surface area contributed by atoms with Gasteiger partial charge in [-0.15, -0.1) is 0 Å². The fourth-order valence-corrected chi connectivity index (χ4v) is 1.56. The minimum atomic E-state index is -1.26. The van der Waals surface area contributed by atoms with Crippen LogP contribution in [0.3, 0.4) is 0 Å². The van der Waals surface area contributed by atoms with Gasteiger partial charge in [-0.3, -0.25) is 0 Å². The van der Waals surface area contributed by atoms with Gasteiger partial charge in [-0.05, 0) is 18.2 Å². The predicted octanol–water partition coefficient (Wildman–Crippen LogP) is 1.12. The van der Waals surface area contributed by atoms with E-state index in [2.05, 4.69) is 12.6 Å². The van der Waals surface area contributed by atoms with Crippen molar-refractivity contribution < 1.29 is 14.6 Å². The van der Waals surface area contributed by atoms with Crippen LogP contribution in [0.2, 0.25) is 0 Å². The summed E-state index contributed by atoms with van der Waals surface area (Å²) in [4.78, 5) is 0. The number of nitrogen functional groups attached to an aromatic ring is 1. The van der Waals surface area contributed by atoms with Gasteiger partial charge >= 0.3 is 0 Å². The van der Waals surface area contributed by atoms with Crippen molar-refractivity contribution in [2.24, 2.45) is 0 Å². The highest BCUT2D eigenvalue weighted by Crippen LogP contribution is 2.25. The maximum Gasteiger partial charge on any atom is 0.151 e. The van der Waals surface area contributed by atoms with E-state index in [4.69, 9.17) is 5.73 Å². The smallest absolute Gasteiger partial charge is 0.151 e. The third-order valence-electron chi connectivity index (χ3n) is 2.17. The first-order valence-electron chi connectivity index (χ1n) is 4.58. The summed E-state index contributed by atoms with van der Waals surface area (Å²) in [5, 5.41) is 19.1. The molecule has 15 heavy (non-hydrogen) atoms. The van der Waals surface area contributed by atoms with Crippen molar-refractivity contribution in [2.45, 2.75) is 18.6 Å². The van der Waals surface area contributed by atoms with Crippen LogP contribution in [0, 0.1) is 5.82 Å². The molecule has 0 aliphatic heterocycles. The first-order valence-corrected chi connectivity index (χ1v) is 5.22. The SMILES string of the molecule is Nc1cccc(C(O)C(O)CCS)c1F. The third-order valence-corrected chi connectivity index (χ3v) is 2.42. The van der Waals surface area contributed by atoms with Crippen LogP contribution in [0.25, 0.3) is 0 Å². The first-order chi connectivity index (χ1) is 7.07. The number of halogens is 1. The van der Waals surface area contributed by atoms with Crippen molar-refractivity contribution in [3.63, 3.8) is 0 Å². The van der Waals surface area contributed by atoms with Crippen molar-refractivity contribution in [2.75, 3.05) is 11.5 Å². The van der Waals surface area contributed by atoms with Gasteiger partial charge in [-0.1, -0.05) is 12.1 Å². The van der Waals surface area contributed by atoms with Gasteiger partial charge in [0.1, 0.15) is 6.10 Å². The Balaban J connectivity index is 2.90. The molecule has 84 valence electrons. The van der Waals surface area contributed by atoms with Gasteiger partial charge in [-0.25, -0.2) is 4.39 Å². The molecule has 0 spiro atoms. The Morgan fingerprint density at radius 2 is 2.07 bits per heavy atom. The molecule has 0 heterocycles. The molecule has 0 aliphatic rings. The summed E-state index contributed by atoms with van der Waals surface area (Å²) >= 11 is 3.92. The minimum Gasteiger partial charge on any atom is -0.396 e. The maximum atomic E-state index is 13.4. The number of thiol groups is 1. The molecule has 0 amide bonds. The monoisotopic (exact) mass is 231 g/mol. The Labute approximate surface area is 93.1 Å². The van der Waals surface area contributed by atoms with Crippen molar-refractivity contribution in [1.82, 2.24) is 0 Å². The highest BCUT2D eigenvalue weighted by Gasteiger charge is 2.21. The Morgan fingerprint density at radius 3 is 2.67 bits per heavy atom. The largest absolute Gasteiger partial charge is 0.396 e. The molecule has 1 rings (SSSR count). The number of aliphatic hydroxyl groups is 2. The summed E-state index contributed by atoms with van der Waals surface area (Å²) in [5.74, 6) is -0.259. The third kappa shape index (κ3) is 2.84. The fourth-order valence-electron chi connectivity index (χ4n) is 1.29. The zero-order valence-corrected chi connectivity index (χ0v) is 8.99. The van der Waals surface area contributed by atoms with E-state index in [0.29, 0.717) is 12.2 Å². The molecule has 0 aliphatic carbocycles. The second kappa shape index (κ2) is 5.34. The lowest BCUT2D eigenvalue weighted by molar-refractivity contribution is 0.0152. The zero-order valence-electron chi connectivity index (χ0n) is 8.10. The molecule has 3 nitrogen and oxygen atoms in total. The second-order valence-electron chi connectivity index (χ2n) is 3.27. The first kappa shape index (κ1) is 12.3. The van der Waals surface area contributed by atoms with Gasteiger partial charge in [0.25, 0.3) is 0 Å². The van der Waals surface area contributed by atoms with Gasteiger partial charge in [0.2, 0.25) is 0 Å². The van der Waals surface area contributed by atoms with Gasteiger partial charge < -0.3 is 15.9 Å². The lowest BCUT2D eigenvalue weighted by Crippen LogP contribution is -2.20. The van der Waals surface area contributed by atoms with E-state index in [9.17, 15) is 14.6 Å². The molecule has 0 radical (unpaired) electrons. The highest BCUT2D eigenvalue weighted by molar-refractivity contribution is 7.80. The van der Waals surface area contributed by atoms with Crippen LogP contribution < -0.4 is 5.73 Å². The molecular weight excluding hydrogens is 217 g/mol. The van der Waals surface area contributed by atoms with Gasteiger partial charge in [0.05, 0.1) is 11.8 Å². The average Bonchev–Trinajstić information content (AvgIpc) is 2.21. The number of rotatable bonds is 4. The van der Waals surface area contributed by atoms with Crippen LogP contribution in [0.15, 0.2) is 18.2 Å². The van der Waals surface area contributed by atoms with Crippen molar-refractivity contribution in [3.05, 3.63) is 29.6 Å². The molecule has 4 N–H and O–H groups in total. The van der Waals surface area contributed by atoms with E-state index in [0.717, 1.165) is 0 Å². The molecule has 2 unspecified atom stereocenters. The van der Waals surface area contributed by atoms with Crippen LogP contribution in [-0.4, -0.2) is 22.1 Å². The van der Waals surface area contributed by atoms with E-state index in [1.165, 1.54) is 18.2 Å². The summed E-state index contributed by atoms with van der Waals surface area (Å²) in [7, 11) is 0. The van der Waals surface area contributed by atoms with E-state index in [1.54, 1.807) is 0 Å². The van der Waals surface area contributed by atoms with Crippen LogP contribution >= 0.6 is 12.6 Å². The molecule has 0 fully saturated rings. The predicted molar refractivity (Wildman–Crippen MR) is 60.2 cm³/mol. The topological polar surface area (TPSA) is 66.5 Å². The number of aliphatic hydroxyl groups excluding tert-OH is 2. The number of benzene rings is 1. The van der Waals surface area contributed by atoms with Crippen LogP contribution in [0.4, 0.5) is 10.1 Å². The number of hydrogen-bond donors (Lipinski definition) is 4. The molecule has 1 aromatic carbocycles. The van der Waals surface area contributed by atoms with Crippen LogP contribution in [0.5, 0.6) is 0 Å². The van der Waals surface area contributed by atoms with E-state index >= 15 is 0 Å². The van der Waals surface area contributed by atoms with E-state index < -0.39 is 18.0 Å². The van der Waals surface area contributed by atoms with Gasteiger partial charge in [0.15, 0.2) is 5.82 Å². The Morgan fingerprint density at radius 1 is 1.40 bits per heavy atom. The summed E-state index contributed by atoms with van der Waals surface area (Å²) < 4.78 is 13.4. The number of anilines is 1. The van der Waals surface area contributed by atoms with E-state index in [-0.39, 0.29) is 11.3 Å². The summed E-state index contributed by atoms with van der Waals surface area (Å²) in [5.41, 5.74) is 5.33. The molecular formula is C10H14FNO2S. The average molecular weight is 231 g/mol. The summed E-state index contributed by atoms with van der Waals surface area (Å²) in [6.07, 6.45) is -2.00. The molecule has 1 aromatic rings. The lowest BCUT2D eigenvalue weighted by atomic mass is 10.0. The summed E-state index contributed by atoms with van der Waals surface area (Å²) in [6, 6.07) is 4.33. The molecule has 0 saturated carbocycles. The normalized spacial score (nSPS) is 14.9. The van der Waals surface area contributed by atoms with Crippen molar-refractivity contribution in [3.8, 4) is 0 Å². The minimum absolute atomic E-state index is 0.0179. The highest BCUT2D eigenvalue weighted by atomic mass is 32.1. The van der Waals surface area contributed by atoms with E-state index in [1.807, 2.05) is 0 Å². The van der Waals surface area contributed by atoms with Crippen molar-refractivity contribution >= 4 is 18.3 Å². The summed E-state index contributed by atoms with van der Waals surface area (Å²) in [6.45, 7) is 0. The second-order valence-corrected chi connectivity index (χ2v) is 3.72. The Bertz CT molecular complexity index is 335.